The average molecular weight is 658 g/mol. The largest absolute Gasteiger partial charge is 0.417 e. The van der Waals surface area contributed by atoms with Crippen molar-refractivity contribution in [2.75, 3.05) is 37.3 Å². The van der Waals surface area contributed by atoms with Gasteiger partial charge in [0.15, 0.2) is 9.84 Å². The van der Waals surface area contributed by atoms with Gasteiger partial charge in [0.1, 0.15) is 5.82 Å². The highest BCUT2D eigenvalue weighted by atomic mass is 35.5. The number of pyridine rings is 1. The summed E-state index contributed by atoms with van der Waals surface area (Å²) in [5.74, 6) is 0.526. The number of nitrogens with zero attached hydrogens (tertiary/aromatic N) is 5. The van der Waals surface area contributed by atoms with Gasteiger partial charge in [0.25, 0.3) is 0 Å². The van der Waals surface area contributed by atoms with Crippen LogP contribution in [0.5, 0.6) is 0 Å². The van der Waals surface area contributed by atoms with Crippen molar-refractivity contribution in [3.05, 3.63) is 101 Å². The number of hydrogen-bond donors (Lipinski definition) is 0. The quantitative estimate of drug-likeness (QED) is 0.187. The monoisotopic (exact) mass is 657 g/mol. The third-order valence-corrected chi connectivity index (χ3v) is 9.99. The summed E-state index contributed by atoms with van der Waals surface area (Å²) in [4.78, 5) is 10.4. The second kappa shape index (κ2) is 12.0. The Kier molecular flexibility index (Phi) is 8.27. The van der Waals surface area contributed by atoms with Gasteiger partial charge in [-0.25, -0.2) is 18.1 Å². The van der Waals surface area contributed by atoms with Crippen LogP contribution in [0.1, 0.15) is 11.3 Å². The Bertz CT molecular complexity index is 1900. The Labute approximate surface area is 262 Å². The maximum absolute atomic E-state index is 12.9. The predicted octanol–water partition coefficient (Wildman–Crippen LogP) is 7.06. The van der Waals surface area contributed by atoms with Crippen molar-refractivity contribution in [3.63, 3.8) is 0 Å². The lowest BCUT2D eigenvalue weighted by Crippen LogP contribution is -2.46. The summed E-state index contributed by atoms with van der Waals surface area (Å²) in [7, 11) is -3.34. The molecule has 1 aliphatic heterocycles. The third kappa shape index (κ3) is 6.53. The molecule has 0 aliphatic carbocycles. The summed E-state index contributed by atoms with van der Waals surface area (Å²) in [6.07, 6.45) is -2.34. The second-order valence-electron chi connectivity index (χ2n) is 10.5. The van der Waals surface area contributed by atoms with Crippen LogP contribution >= 0.6 is 22.9 Å². The molecule has 6 rings (SSSR count). The number of alkyl halides is 3. The molecule has 3 aromatic heterocycles. The lowest BCUT2D eigenvalue weighted by atomic mass is 10.2. The first-order valence-corrected chi connectivity index (χ1v) is 16.8. The first kappa shape index (κ1) is 30.3. The van der Waals surface area contributed by atoms with Crippen molar-refractivity contribution < 1.29 is 21.6 Å². The molecule has 4 heterocycles. The molecule has 0 N–H and O–H groups in total. The van der Waals surface area contributed by atoms with Crippen molar-refractivity contribution in [2.45, 2.75) is 17.6 Å². The van der Waals surface area contributed by atoms with Gasteiger partial charge in [0.2, 0.25) is 0 Å². The van der Waals surface area contributed by atoms with Crippen molar-refractivity contribution in [2.24, 2.45) is 0 Å². The number of thiophene rings is 1. The topological polar surface area (TPSA) is 71.3 Å². The number of piperazine rings is 1. The van der Waals surface area contributed by atoms with Crippen LogP contribution in [-0.4, -0.2) is 60.5 Å². The summed E-state index contributed by atoms with van der Waals surface area (Å²) in [5, 5.41) is 5.49. The van der Waals surface area contributed by atoms with Gasteiger partial charge in [-0.2, -0.15) is 18.3 Å². The number of hydrogen-bond acceptors (Lipinski definition) is 7. The van der Waals surface area contributed by atoms with Crippen LogP contribution in [0.2, 0.25) is 5.02 Å². The minimum atomic E-state index is -4.41. The van der Waals surface area contributed by atoms with Crippen LogP contribution in [0, 0.1) is 0 Å². The van der Waals surface area contributed by atoms with Crippen molar-refractivity contribution in [1.82, 2.24) is 19.7 Å². The SMILES string of the molecule is CS(=O)(=O)c1cccc(-c2ccc(-c3cc(CN4CCN(c5ccc(C(F)(F)F)cn5)CC4)nn3-c3ccccc3Cl)s2)c1. The van der Waals surface area contributed by atoms with Crippen molar-refractivity contribution in [3.8, 4) is 26.7 Å². The zero-order chi connectivity index (χ0) is 31.1. The van der Waals surface area contributed by atoms with E-state index in [1.165, 1.54) is 23.7 Å². The second-order valence-corrected chi connectivity index (χ2v) is 14.0. The number of benzene rings is 2. The maximum atomic E-state index is 12.9. The van der Waals surface area contributed by atoms with E-state index in [1.807, 2.05) is 58.1 Å². The smallest absolute Gasteiger partial charge is 0.354 e. The van der Waals surface area contributed by atoms with Gasteiger partial charge in [-0.1, -0.05) is 35.9 Å². The number of aromatic nitrogens is 3. The molecular weight excluding hydrogens is 631 g/mol. The van der Waals surface area contributed by atoms with E-state index in [2.05, 4.69) is 9.88 Å². The predicted molar refractivity (Wildman–Crippen MR) is 167 cm³/mol. The standard InChI is InChI=1S/C31H27ClF3N5O2S2/c1-44(41,42)24-6-4-5-21(17-24)28-10-11-29(43-28)27-18-23(37-40(27)26-8-3-2-7-25(26)32)20-38-13-15-39(16-14-38)30-12-9-22(19-36-30)31(33,34)35/h2-12,17-19H,13-16,20H2,1H3. The molecule has 0 unspecified atom stereocenters. The fraction of sp³-hybridized carbons (Fsp3) is 0.226. The molecule has 228 valence electrons. The van der Waals surface area contributed by atoms with Crippen LogP contribution in [-0.2, 0) is 22.6 Å². The highest BCUT2D eigenvalue weighted by Crippen LogP contribution is 2.37. The number of rotatable bonds is 7. The van der Waals surface area contributed by atoms with E-state index in [0.29, 0.717) is 43.6 Å². The van der Waals surface area contributed by atoms with Crippen LogP contribution < -0.4 is 4.90 Å². The molecular formula is C31H27ClF3N5O2S2. The van der Waals surface area contributed by atoms with E-state index in [-0.39, 0.29) is 4.90 Å². The lowest BCUT2D eigenvalue weighted by molar-refractivity contribution is -0.137. The first-order valence-electron chi connectivity index (χ1n) is 13.7. The van der Waals surface area contributed by atoms with Crippen LogP contribution in [0.4, 0.5) is 19.0 Å². The highest BCUT2D eigenvalue weighted by molar-refractivity contribution is 7.90. The molecule has 0 bridgehead atoms. The van der Waals surface area contributed by atoms with Gasteiger partial charge in [0.05, 0.1) is 37.4 Å². The highest BCUT2D eigenvalue weighted by Gasteiger charge is 2.31. The van der Waals surface area contributed by atoms with Crippen molar-refractivity contribution in [1.29, 1.82) is 0 Å². The Morgan fingerprint density at radius 2 is 1.66 bits per heavy atom. The zero-order valence-corrected chi connectivity index (χ0v) is 25.9. The normalized spacial score (nSPS) is 14.7. The molecule has 0 radical (unpaired) electrons. The minimum Gasteiger partial charge on any atom is -0.354 e. The summed E-state index contributed by atoms with van der Waals surface area (Å²) in [6.45, 7) is 3.20. The molecule has 13 heteroatoms. The molecule has 0 atom stereocenters. The number of sulfone groups is 1. The fourth-order valence-corrected chi connectivity index (χ4v) is 6.99. The fourth-order valence-electron chi connectivity index (χ4n) is 5.11. The van der Waals surface area contributed by atoms with Crippen molar-refractivity contribution >= 4 is 38.6 Å². The van der Waals surface area contributed by atoms with E-state index in [9.17, 15) is 21.6 Å². The van der Waals surface area contributed by atoms with Gasteiger partial charge in [-0.05, 0) is 60.2 Å². The van der Waals surface area contributed by atoms with E-state index in [4.69, 9.17) is 16.7 Å². The average Bonchev–Trinajstić information content (AvgIpc) is 3.65. The Morgan fingerprint density at radius 1 is 0.909 bits per heavy atom. The minimum absolute atomic E-state index is 0.266. The molecule has 44 heavy (non-hydrogen) atoms. The van der Waals surface area contributed by atoms with Gasteiger partial charge in [-0.3, -0.25) is 4.90 Å². The van der Waals surface area contributed by atoms with E-state index in [1.54, 1.807) is 18.2 Å². The summed E-state index contributed by atoms with van der Waals surface area (Å²) in [5.41, 5.74) is 2.49. The zero-order valence-electron chi connectivity index (χ0n) is 23.5. The number of para-hydroxylation sites is 1. The maximum Gasteiger partial charge on any atom is 0.417 e. The van der Waals surface area contributed by atoms with Gasteiger partial charge in [-0.15, -0.1) is 11.3 Å². The third-order valence-electron chi connectivity index (χ3n) is 7.40. The molecule has 0 spiro atoms. The summed E-state index contributed by atoms with van der Waals surface area (Å²) >= 11 is 8.13. The van der Waals surface area contributed by atoms with Gasteiger partial charge >= 0.3 is 6.18 Å². The first-order chi connectivity index (χ1) is 21.0. The molecule has 1 saturated heterocycles. The van der Waals surface area contributed by atoms with Gasteiger partial charge < -0.3 is 4.90 Å². The molecule has 1 aliphatic rings. The number of halogens is 4. The number of anilines is 1. The molecule has 0 saturated carbocycles. The van der Waals surface area contributed by atoms with E-state index >= 15 is 0 Å². The molecule has 2 aromatic carbocycles. The molecule has 5 aromatic rings. The van der Waals surface area contributed by atoms with Crippen LogP contribution in [0.15, 0.2) is 90.0 Å². The van der Waals surface area contributed by atoms with E-state index in [0.717, 1.165) is 44.7 Å². The Hall–Kier alpha value is -3.71. The Morgan fingerprint density at radius 3 is 2.34 bits per heavy atom. The van der Waals surface area contributed by atoms with Crippen LogP contribution in [0.25, 0.3) is 26.7 Å². The molecule has 0 amide bonds. The van der Waals surface area contributed by atoms with E-state index < -0.39 is 21.6 Å². The lowest BCUT2D eigenvalue weighted by Gasteiger charge is -2.35. The molecule has 7 nitrogen and oxygen atoms in total. The Balaban J connectivity index is 1.23. The van der Waals surface area contributed by atoms with Gasteiger partial charge in [0, 0.05) is 50.1 Å². The summed E-state index contributed by atoms with van der Waals surface area (Å²) in [6, 6.07) is 22.9. The molecule has 1 fully saturated rings. The van der Waals surface area contributed by atoms with Crippen LogP contribution in [0.3, 0.4) is 0 Å². The summed E-state index contributed by atoms with van der Waals surface area (Å²) < 4.78 is 64.8.